The molecule has 5 heteroatoms. The summed E-state index contributed by atoms with van der Waals surface area (Å²) in [6, 6.07) is 58.7. The zero-order valence-electron chi connectivity index (χ0n) is 29.5. The fraction of sp³-hybridized carbons (Fsp3) is 0. The third-order valence-corrected chi connectivity index (χ3v) is 9.72. The normalized spacial score (nSPS) is 11.1. The van der Waals surface area contributed by atoms with Gasteiger partial charge in [-0.25, -0.2) is 15.0 Å². The predicted molar refractivity (Wildman–Crippen MR) is 223 cm³/mol. The molecule has 0 unspecified atom stereocenters. The Morgan fingerprint density at radius 1 is 0.407 bits per heavy atom. The Balaban J connectivity index is 1.20. The van der Waals surface area contributed by atoms with Crippen molar-refractivity contribution in [1.82, 2.24) is 23.9 Å². The zero-order valence-corrected chi connectivity index (χ0v) is 29.5. The lowest BCUT2D eigenvalue weighted by Gasteiger charge is -2.13. The van der Waals surface area contributed by atoms with Gasteiger partial charge in [0.05, 0.1) is 34.2 Å². The smallest absolute Gasteiger partial charge is 0.137 e. The Morgan fingerprint density at radius 2 is 0.907 bits per heavy atom. The van der Waals surface area contributed by atoms with Crippen molar-refractivity contribution in [1.29, 1.82) is 0 Å². The monoisotopic (exact) mass is 693 g/mol. The lowest BCUT2D eigenvalue weighted by Crippen LogP contribution is -1.94. The molecule has 0 radical (unpaired) electrons. The maximum atomic E-state index is 5.34. The van der Waals surface area contributed by atoms with Gasteiger partial charge in [-0.1, -0.05) is 147 Å². The lowest BCUT2D eigenvalue weighted by atomic mass is 9.97. The van der Waals surface area contributed by atoms with Gasteiger partial charge in [0, 0.05) is 45.8 Å². The average molecular weight is 694 g/mol. The molecule has 4 aromatic heterocycles. The molecule has 54 heavy (non-hydrogen) atoms. The second-order valence-electron chi connectivity index (χ2n) is 13.0. The minimum absolute atomic E-state index is 0.733. The molecule has 0 saturated carbocycles. The molecule has 0 N–H and O–H groups in total. The molecular formula is C49H35N5. The summed E-state index contributed by atoms with van der Waals surface area (Å²) >= 11 is 0. The molecule has 0 saturated heterocycles. The largest absolute Gasteiger partial charge is 0.300 e. The van der Waals surface area contributed by atoms with Crippen LogP contribution in [0.1, 0.15) is 5.82 Å². The number of nitrogens with zero attached hydrogens (tertiary/aromatic N) is 5. The molecule has 5 nitrogen and oxygen atoms in total. The molecule has 4 heterocycles. The van der Waals surface area contributed by atoms with Gasteiger partial charge >= 0.3 is 0 Å². The van der Waals surface area contributed by atoms with Crippen LogP contribution in [-0.4, -0.2) is 23.9 Å². The van der Waals surface area contributed by atoms with Crippen LogP contribution in [0.3, 0.4) is 0 Å². The summed E-state index contributed by atoms with van der Waals surface area (Å²) in [5.41, 5.74) is 14.8. The van der Waals surface area contributed by atoms with Crippen LogP contribution in [0.4, 0.5) is 0 Å². The van der Waals surface area contributed by atoms with Crippen LogP contribution >= 0.6 is 0 Å². The number of pyridine rings is 2. The molecule has 0 aliphatic carbocycles. The molecule has 9 aromatic rings. The molecule has 256 valence electrons. The zero-order chi connectivity index (χ0) is 36.4. The highest BCUT2D eigenvalue weighted by Crippen LogP contribution is 2.38. The van der Waals surface area contributed by atoms with E-state index in [0.717, 1.165) is 90.1 Å². The number of aromatic nitrogens is 5. The molecule has 0 fully saturated rings. The van der Waals surface area contributed by atoms with Crippen molar-refractivity contribution in [3.8, 4) is 78.7 Å². The van der Waals surface area contributed by atoms with Gasteiger partial charge in [-0.15, -0.1) is 0 Å². The van der Waals surface area contributed by atoms with Crippen molar-refractivity contribution in [2.24, 2.45) is 0 Å². The predicted octanol–water partition coefficient (Wildman–Crippen LogP) is 12.3. The summed E-state index contributed by atoms with van der Waals surface area (Å²) in [5.74, 6) is 0.733. The van der Waals surface area contributed by atoms with E-state index >= 15 is 0 Å². The van der Waals surface area contributed by atoms with E-state index in [1.807, 2.05) is 53.1 Å². The van der Waals surface area contributed by atoms with Gasteiger partial charge in [0.2, 0.25) is 0 Å². The van der Waals surface area contributed by atoms with Crippen LogP contribution in [0.15, 0.2) is 189 Å². The average Bonchev–Trinajstić information content (AvgIpc) is 3.84. The molecule has 0 aliphatic heterocycles. The lowest BCUT2D eigenvalue weighted by molar-refractivity contribution is 1.11. The Labute approximate surface area is 314 Å². The fourth-order valence-electron chi connectivity index (χ4n) is 7.20. The van der Waals surface area contributed by atoms with Crippen molar-refractivity contribution in [2.45, 2.75) is 0 Å². The number of fused-ring (bicyclic) bond motifs is 1. The van der Waals surface area contributed by atoms with E-state index < -0.39 is 0 Å². The van der Waals surface area contributed by atoms with Gasteiger partial charge in [-0.3, -0.25) is 8.97 Å². The van der Waals surface area contributed by atoms with Crippen molar-refractivity contribution in [2.75, 3.05) is 0 Å². The number of imidazole rings is 2. The Hall–Kier alpha value is -7.37. The van der Waals surface area contributed by atoms with E-state index in [9.17, 15) is 0 Å². The van der Waals surface area contributed by atoms with Crippen LogP contribution in [0, 0.1) is 0 Å². The van der Waals surface area contributed by atoms with Gasteiger partial charge < -0.3 is 0 Å². The van der Waals surface area contributed by atoms with Crippen LogP contribution < -0.4 is 0 Å². The van der Waals surface area contributed by atoms with Crippen molar-refractivity contribution in [3.63, 3.8) is 0 Å². The summed E-state index contributed by atoms with van der Waals surface area (Å²) in [4.78, 5) is 15.5. The third kappa shape index (κ3) is 5.94. The Morgan fingerprint density at radius 3 is 1.48 bits per heavy atom. The van der Waals surface area contributed by atoms with E-state index in [4.69, 9.17) is 15.0 Å². The first kappa shape index (κ1) is 32.5. The van der Waals surface area contributed by atoms with E-state index in [2.05, 4.69) is 145 Å². The van der Waals surface area contributed by atoms with Crippen LogP contribution in [0.2, 0.25) is 0 Å². The van der Waals surface area contributed by atoms with Crippen molar-refractivity contribution < 1.29 is 0 Å². The molecule has 9 rings (SSSR count). The van der Waals surface area contributed by atoms with Crippen molar-refractivity contribution >= 4 is 17.9 Å². The number of rotatable bonds is 9. The SMILES string of the molecule is C=Cc1nc(-c2cccc(-c3cc(-c4ccccc4)cc(-c4cccc(-c5nc6ccccn6c5-c5ccccc5)c4)n3)c2)c(-c2ccccc2)n1C=C. The Kier molecular flexibility index (Phi) is 8.42. The molecule has 0 spiro atoms. The first-order valence-electron chi connectivity index (χ1n) is 17.9. The summed E-state index contributed by atoms with van der Waals surface area (Å²) < 4.78 is 4.16. The molecule has 0 atom stereocenters. The van der Waals surface area contributed by atoms with Crippen molar-refractivity contribution in [3.05, 3.63) is 195 Å². The highest BCUT2D eigenvalue weighted by molar-refractivity contribution is 5.87. The van der Waals surface area contributed by atoms with Gasteiger partial charge in [0.15, 0.2) is 0 Å². The van der Waals surface area contributed by atoms with Gasteiger partial charge in [-0.05, 0) is 53.6 Å². The fourth-order valence-corrected chi connectivity index (χ4v) is 7.20. The topological polar surface area (TPSA) is 48.0 Å². The van der Waals surface area contributed by atoms with E-state index in [-0.39, 0.29) is 0 Å². The first-order chi connectivity index (χ1) is 26.7. The molecule has 0 bridgehead atoms. The van der Waals surface area contributed by atoms with Crippen LogP contribution in [0.25, 0.3) is 96.6 Å². The number of hydrogen-bond acceptors (Lipinski definition) is 3. The number of hydrogen-bond donors (Lipinski definition) is 0. The van der Waals surface area contributed by atoms with E-state index in [1.54, 1.807) is 12.3 Å². The maximum absolute atomic E-state index is 5.34. The van der Waals surface area contributed by atoms with E-state index in [1.165, 1.54) is 0 Å². The third-order valence-electron chi connectivity index (χ3n) is 9.72. The van der Waals surface area contributed by atoms with Crippen LogP contribution in [-0.2, 0) is 0 Å². The van der Waals surface area contributed by atoms with Gasteiger partial charge in [-0.2, -0.15) is 0 Å². The Bertz CT molecular complexity index is 2790. The second kappa shape index (κ2) is 14.0. The standard InChI is InChI=1S/C49H35N5/c1-3-44-51-46(48(53(44)4-2)35-20-10-6-11-21-35)39-26-16-24-37(30-39)42-32-41(34-18-8-5-9-19-34)33-43(50-42)38-25-17-27-40(31-38)47-49(36-22-12-7-13-23-36)54-29-15-14-28-45(54)52-47/h3-33H,1-2H2. The first-order valence-corrected chi connectivity index (χ1v) is 17.9. The van der Waals surface area contributed by atoms with E-state index in [0.29, 0.717) is 0 Å². The van der Waals surface area contributed by atoms with Crippen LogP contribution in [0.5, 0.6) is 0 Å². The summed E-state index contributed by atoms with van der Waals surface area (Å²) in [6.07, 6.45) is 5.63. The number of benzene rings is 5. The summed E-state index contributed by atoms with van der Waals surface area (Å²) in [7, 11) is 0. The van der Waals surface area contributed by atoms with Gasteiger partial charge in [0.25, 0.3) is 0 Å². The minimum Gasteiger partial charge on any atom is -0.300 e. The molecule has 0 aliphatic rings. The van der Waals surface area contributed by atoms with Gasteiger partial charge in [0.1, 0.15) is 11.5 Å². The quantitative estimate of drug-likeness (QED) is 0.151. The molecule has 5 aromatic carbocycles. The molecule has 0 amide bonds. The summed E-state index contributed by atoms with van der Waals surface area (Å²) in [6.45, 7) is 8.13. The maximum Gasteiger partial charge on any atom is 0.137 e. The highest BCUT2D eigenvalue weighted by Gasteiger charge is 2.20. The summed E-state index contributed by atoms with van der Waals surface area (Å²) in [5, 5.41) is 0. The minimum atomic E-state index is 0.733. The second-order valence-corrected chi connectivity index (χ2v) is 13.0. The highest BCUT2D eigenvalue weighted by atomic mass is 15.1. The molecular weight excluding hydrogens is 659 g/mol.